The maximum atomic E-state index is 5.84. The molecule has 0 fully saturated rings. The predicted octanol–water partition coefficient (Wildman–Crippen LogP) is 4.11. The molecule has 2 rings (SSSR count). The molecule has 1 N–H and O–H groups in total. The summed E-state index contributed by atoms with van der Waals surface area (Å²) in [4.78, 5) is 4.47. The Bertz CT molecular complexity index is 533. The lowest BCUT2D eigenvalue weighted by Crippen LogP contribution is -2.16. The van der Waals surface area contributed by atoms with Crippen LogP contribution in [0, 0.1) is 0 Å². The molecule has 1 atom stereocenters. The highest BCUT2D eigenvalue weighted by Gasteiger charge is 2.08. The van der Waals surface area contributed by atoms with Gasteiger partial charge in [0.1, 0.15) is 11.5 Å². The van der Waals surface area contributed by atoms with Gasteiger partial charge in [-0.1, -0.05) is 26.0 Å². The van der Waals surface area contributed by atoms with Crippen LogP contribution in [-0.2, 0) is 6.42 Å². The second-order valence-corrected chi connectivity index (χ2v) is 4.77. The second kappa shape index (κ2) is 7.06. The molecule has 0 aliphatic carbocycles. The molecule has 0 spiro atoms. The van der Waals surface area contributed by atoms with Gasteiger partial charge in [-0.15, -0.1) is 0 Å². The first kappa shape index (κ1) is 14.5. The van der Waals surface area contributed by atoms with Gasteiger partial charge in [0.15, 0.2) is 0 Å². The zero-order valence-electron chi connectivity index (χ0n) is 12.4. The summed E-state index contributed by atoms with van der Waals surface area (Å²) in [5.41, 5.74) is 2.32. The van der Waals surface area contributed by atoms with E-state index >= 15 is 0 Å². The van der Waals surface area contributed by atoms with Gasteiger partial charge in [0, 0.05) is 6.04 Å². The van der Waals surface area contributed by atoms with Crippen LogP contribution in [0.5, 0.6) is 11.5 Å². The van der Waals surface area contributed by atoms with Gasteiger partial charge in [0.05, 0.1) is 11.9 Å². The summed E-state index contributed by atoms with van der Waals surface area (Å²) < 4.78 is 5.84. The third-order valence-corrected chi connectivity index (χ3v) is 3.42. The zero-order valence-corrected chi connectivity index (χ0v) is 12.4. The minimum absolute atomic E-state index is 0.299. The molecular formula is C17H22N2O. The molecule has 0 saturated carbocycles. The summed E-state index contributed by atoms with van der Waals surface area (Å²) in [6, 6.07) is 12.4. The van der Waals surface area contributed by atoms with E-state index in [4.69, 9.17) is 4.74 Å². The van der Waals surface area contributed by atoms with Crippen molar-refractivity contribution >= 4 is 0 Å². The predicted molar refractivity (Wildman–Crippen MR) is 82.2 cm³/mol. The number of benzene rings is 1. The molecule has 3 nitrogen and oxygen atoms in total. The van der Waals surface area contributed by atoms with E-state index in [0.29, 0.717) is 6.04 Å². The van der Waals surface area contributed by atoms with Crippen molar-refractivity contribution in [3.8, 4) is 11.5 Å². The minimum atomic E-state index is 0.299. The first-order chi connectivity index (χ1) is 9.76. The number of hydrogen-bond donors (Lipinski definition) is 1. The minimum Gasteiger partial charge on any atom is -0.456 e. The maximum absolute atomic E-state index is 5.84. The number of nitrogens with one attached hydrogen (secondary N) is 1. The maximum Gasteiger partial charge on any atom is 0.145 e. The van der Waals surface area contributed by atoms with Crippen LogP contribution in [0.3, 0.4) is 0 Å². The molecule has 0 radical (unpaired) electrons. The van der Waals surface area contributed by atoms with E-state index in [0.717, 1.165) is 30.0 Å². The van der Waals surface area contributed by atoms with Gasteiger partial charge in [0.25, 0.3) is 0 Å². The number of aromatic nitrogens is 1. The van der Waals surface area contributed by atoms with E-state index < -0.39 is 0 Å². The zero-order chi connectivity index (χ0) is 14.4. The van der Waals surface area contributed by atoms with E-state index in [1.807, 2.05) is 31.3 Å². The number of hydrogen-bond acceptors (Lipinski definition) is 3. The monoisotopic (exact) mass is 270 g/mol. The van der Waals surface area contributed by atoms with E-state index in [-0.39, 0.29) is 0 Å². The van der Waals surface area contributed by atoms with Crippen molar-refractivity contribution in [1.29, 1.82) is 0 Å². The number of aryl methyl sites for hydroxylation is 1. The molecule has 3 heteroatoms. The highest BCUT2D eigenvalue weighted by molar-refractivity contribution is 5.33. The normalized spacial score (nSPS) is 12.2. The Balaban J connectivity index is 2.10. The average Bonchev–Trinajstić information content (AvgIpc) is 2.50. The summed E-state index contributed by atoms with van der Waals surface area (Å²) >= 11 is 0. The summed E-state index contributed by atoms with van der Waals surface area (Å²) in [6.45, 7) is 4.28. The van der Waals surface area contributed by atoms with Gasteiger partial charge in [0.2, 0.25) is 0 Å². The quantitative estimate of drug-likeness (QED) is 0.857. The third kappa shape index (κ3) is 3.58. The summed E-state index contributed by atoms with van der Waals surface area (Å²) in [6.07, 6.45) is 3.81. The standard InChI is InChI=1S/C17H22N2O/c1-4-13-7-6-8-14(11-13)20-15-9-10-17(19-12-15)16(5-2)18-3/h6-12,16,18H,4-5H2,1-3H3. The lowest BCUT2D eigenvalue weighted by atomic mass is 10.1. The van der Waals surface area contributed by atoms with Crippen LogP contribution in [0.1, 0.15) is 37.6 Å². The number of rotatable bonds is 6. The van der Waals surface area contributed by atoms with Crippen molar-refractivity contribution in [3.05, 3.63) is 53.9 Å². The number of ether oxygens (including phenoxy) is 1. The Morgan fingerprint density at radius 3 is 2.60 bits per heavy atom. The Kier molecular flexibility index (Phi) is 5.13. The van der Waals surface area contributed by atoms with E-state index in [1.165, 1.54) is 5.56 Å². The molecule has 0 aliphatic rings. The van der Waals surface area contributed by atoms with E-state index in [1.54, 1.807) is 6.20 Å². The first-order valence-electron chi connectivity index (χ1n) is 7.16. The topological polar surface area (TPSA) is 34.1 Å². The van der Waals surface area contributed by atoms with Crippen LogP contribution in [0.2, 0.25) is 0 Å². The third-order valence-electron chi connectivity index (χ3n) is 3.42. The lowest BCUT2D eigenvalue weighted by Gasteiger charge is -2.13. The molecule has 0 amide bonds. The molecule has 1 aromatic carbocycles. The largest absolute Gasteiger partial charge is 0.456 e. The fourth-order valence-electron chi connectivity index (χ4n) is 2.18. The van der Waals surface area contributed by atoms with Gasteiger partial charge >= 0.3 is 0 Å². The highest BCUT2D eigenvalue weighted by Crippen LogP contribution is 2.23. The molecule has 1 aromatic heterocycles. The van der Waals surface area contributed by atoms with E-state index in [9.17, 15) is 0 Å². The van der Waals surface area contributed by atoms with Crippen molar-refractivity contribution in [3.63, 3.8) is 0 Å². The Morgan fingerprint density at radius 2 is 2.00 bits per heavy atom. The molecule has 2 aromatic rings. The van der Waals surface area contributed by atoms with Crippen molar-refractivity contribution < 1.29 is 4.74 Å². The van der Waals surface area contributed by atoms with Crippen molar-refractivity contribution in [2.24, 2.45) is 0 Å². The molecule has 1 heterocycles. The SMILES string of the molecule is CCc1cccc(Oc2ccc(C(CC)NC)nc2)c1. The van der Waals surface area contributed by atoms with Gasteiger partial charge in [-0.25, -0.2) is 0 Å². The van der Waals surface area contributed by atoms with Crippen LogP contribution in [0.15, 0.2) is 42.6 Å². The lowest BCUT2D eigenvalue weighted by molar-refractivity contribution is 0.477. The fourth-order valence-corrected chi connectivity index (χ4v) is 2.18. The van der Waals surface area contributed by atoms with Crippen LogP contribution in [0.4, 0.5) is 0 Å². The van der Waals surface area contributed by atoms with Gasteiger partial charge in [-0.3, -0.25) is 4.98 Å². The van der Waals surface area contributed by atoms with Gasteiger partial charge in [-0.2, -0.15) is 0 Å². The van der Waals surface area contributed by atoms with Crippen LogP contribution < -0.4 is 10.1 Å². The molecule has 20 heavy (non-hydrogen) atoms. The summed E-state index contributed by atoms with van der Waals surface area (Å²) in [7, 11) is 1.95. The van der Waals surface area contributed by atoms with E-state index in [2.05, 4.69) is 36.3 Å². The Morgan fingerprint density at radius 1 is 1.15 bits per heavy atom. The fraction of sp³-hybridized carbons (Fsp3) is 0.353. The highest BCUT2D eigenvalue weighted by atomic mass is 16.5. The van der Waals surface area contributed by atoms with Crippen LogP contribution in [0.25, 0.3) is 0 Å². The van der Waals surface area contributed by atoms with Gasteiger partial charge < -0.3 is 10.1 Å². The second-order valence-electron chi connectivity index (χ2n) is 4.77. The average molecular weight is 270 g/mol. The molecular weight excluding hydrogens is 248 g/mol. The Labute approximate surface area is 121 Å². The summed E-state index contributed by atoms with van der Waals surface area (Å²) in [5, 5.41) is 3.25. The van der Waals surface area contributed by atoms with Crippen LogP contribution in [-0.4, -0.2) is 12.0 Å². The molecule has 0 saturated heterocycles. The smallest absolute Gasteiger partial charge is 0.145 e. The molecule has 1 unspecified atom stereocenters. The molecule has 106 valence electrons. The van der Waals surface area contributed by atoms with Crippen molar-refractivity contribution in [1.82, 2.24) is 10.3 Å². The Hall–Kier alpha value is -1.87. The number of pyridine rings is 1. The summed E-state index contributed by atoms with van der Waals surface area (Å²) in [5.74, 6) is 1.63. The van der Waals surface area contributed by atoms with Crippen molar-refractivity contribution in [2.45, 2.75) is 32.7 Å². The van der Waals surface area contributed by atoms with Crippen LogP contribution >= 0.6 is 0 Å². The van der Waals surface area contributed by atoms with Gasteiger partial charge in [-0.05, 0) is 49.7 Å². The molecule has 0 aliphatic heterocycles. The number of nitrogens with zero attached hydrogens (tertiary/aromatic N) is 1. The molecule has 0 bridgehead atoms. The van der Waals surface area contributed by atoms with Crippen molar-refractivity contribution in [2.75, 3.05) is 7.05 Å². The first-order valence-corrected chi connectivity index (χ1v) is 7.16.